The second-order valence-electron chi connectivity index (χ2n) is 7.36. The van der Waals surface area contributed by atoms with Gasteiger partial charge in [0.1, 0.15) is 24.1 Å². The maximum Gasteiger partial charge on any atom is 0.368 e. The summed E-state index contributed by atoms with van der Waals surface area (Å²) in [4.78, 5) is 12.3. The highest BCUT2D eigenvalue weighted by Crippen LogP contribution is 2.30. The molecule has 32 heavy (non-hydrogen) atoms. The molecule has 0 aliphatic carbocycles. The van der Waals surface area contributed by atoms with E-state index in [2.05, 4.69) is 21.6 Å². The smallest absolute Gasteiger partial charge is 0.368 e. The Morgan fingerprint density at radius 1 is 1.12 bits per heavy atom. The van der Waals surface area contributed by atoms with E-state index >= 15 is 0 Å². The minimum absolute atomic E-state index is 0.138. The van der Waals surface area contributed by atoms with Gasteiger partial charge in [0, 0.05) is 35.8 Å². The zero-order valence-corrected chi connectivity index (χ0v) is 18.8. The molecule has 4 aromatic rings. The zero-order chi connectivity index (χ0) is 23.0. The van der Waals surface area contributed by atoms with Gasteiger partial charge < -0.3 is 4.74 Å². The third-order valence-electron chi connectivity index (χ3n) is 5.25. The van der Waals surface area contributed by atoms with Crippen molar-refractivity contribution in [1.29, 1.82) is 5.26 Å². The van der Waals surface area contributed by atoms with Crippen LogP contribution < -0.4 is 10.4 Å². The Labute approximate surface area is 189 Å². The first-order valence-electron chi connectivity index (χ1n) is 9.76. The predicted molar refractivity (Wildman–Crippen MR) is 119 cm³/mol. The number of ether oxygens (including phenoxy) is 1. The molecule has 0 saturated carbocycles. The van der Waals surface area contributed by atoms with Gasteiger partial charge in [-0.2, -0.15) is 19.7 Å². The molecule has 2 heterocycles. The van der Waals surface area contributed by atoms with E-state index in [-0.39, 0.29) is 12.3 Å². The number of hydrogen-bond donors (Lipinski definition) is 0. The Kier molecular flexibility index (Phi) is 5.55. The summed E-state index contributed by atoms with van der Waals surface area (Å²) >= 11 is 6.41. The maximum atomic E-state index is 12.3. The molecule has 0 bridgehead atoms. The van der Waals surface area contributed by atoms with E-state index in [1.807, 2.05) is 32.0 Å². The fraction of sp³-hybridized carbons (Fsp3) is 0.227. The second kappa shape index (κ2) is 8.32. The summed E-state index contributed by atoms with van der Waals surface area (Å²) < 4.78 is 9.97. The fourth-order valence-corrected chi connectivity index (χ4v) is 3.75. The second-order valence-corrected chi connectivity index (χ2v) is 7.77. The van der Waals surface area contributed by atoms with Gasteiger partial charge in [-0.15, -0.1) is 0 Å². The van der Waals surface area contributed by atoms with E-state index in [0.29, 0.717) is 27.7 Å². The number of hydrogen-bond acceptors (Lipinski definition) is 6. The lowest BCUT2D eigenvalue weighted by Gasteiger charge is -2.14. The molecule has 0 amide bonds. The Balaban J connectivity index is 1.63. The molecular formula is C22H20ClN7O2. The average molecular weight is 450 g/mol. The Bertz CT molecular complexity index is 1430. The number of halogens is 1. The third-order valence-corrected chi connectivity index (χ3v) is 5.61. The standard InChI is InChI=1S/C22H20ClN7O2/c1-13-10-15(21-14(2)19(11-24)28(3)25-21)8-9-20(13)32-12-16-17(23)6-5-7-18(16)30-22(31)29(4)26-27-30/h5-10H,12H2,1-4H3. The SMILES string of the molecule is Cc1cc(-c2nn(C)c(C#N)c2C)ccc1OCc1c(Cl)cccc1-n1nnn(C)c1=O. The first-order valence-corrected chi connectivity index (χ1v) is 10.1. The highest BCUT2D eigenvalue weighted by Gasteiger charge is 2.17. The predicted octanol–water partition coefficient (Wildman–Crippen LogP) is 3.09. The number of aromatic nitrogens is 6. The van der Waals surface area contributed by atoms with Gasteiger partial charge in [-0.25, -0.2) is 4.79 Å². The van der Waals surface area contributed by atoms with Crippen molar-refractivity contribution in [1.82, 2.24) is 29.6 Å². The Morgan fingerprint density at radius 2 is 1.91 bits per heavy atom. The van der Waals surface area contributed by atoms with Gasteiger partial charge in [0.15, 0.2) is 0 Å². The van der Waals surface area contributed by atoms with Crippen molar-refractivity contribution in [2.24, 2.45) is 14.1 Å². The van der Waals surface area contributed by atoms with Crippen molar-refractivity contribution >= 4 is 11.6 Å². The van der Waals surface area contributed by atoms with E-state index in [4.69, 9.17) is 16.3 Å². The molecule has 0 saturated heterocycles. The number of rotatable bonds is 5. The van der Waals surface area contributed by atoms with Crippen LogP contribution in [-0.2, 0) is 20.7 Å². The van der Waals surface area contributed by atoms with Crippen molar-refractivity contribution < 1.29 is 4.74 Å². The largest absolute Gasteiger partial charge is 0.488 e. The minimum Gasteiger partial charge on any atom is -0.488 e. The Hall–Kier alpha value is -3.90. The molecule has 0 spiro atoms. The lowest BCUT2D eigenvalue weighted by atomic mass is 10.0. The van der Waals surface area contributed by atoms with Crippen molar-refractivity contribution in [3.63, 3.8) is 0 Å². The molecule has 0 N–H and O–H groups in total. The highest BCUT2D eigenvalue weighted by molar-refractivity contribution is 6.31. The average Bonchev–Trinajstić information content (AvgIpc) is 3.25. The molecule has 0 atom stereocenters. The van der Waals surface area contributed by atoms with E-state index < -0.39 is 0 Å². The van der Waals surface area contributed by atoms with E-state index in [9.17, 15) is 10.1 Å². The summed E-state index contributed by atoms with van der Waals surface area (Å²) in [6, 6.07) is 13.1. The number of aryl methyl sites for hydroxylation is 3. The van der Waals surface area contributed by atoms with Crippen LogP contribution in [0.25, 0.3) is 16.9 Å². The van der Waals surface area contributed by atoms with Crippen LogP contribution in [0.3, 0.4) is 0 Å². The number of nitrogens with zero attached hydrogens (tertiary/aromatic N) is 7. The van der Waals surface area contributed by atoms with Gasteiger partial charge >= 0.3 is 5.69 Å². The fourth-order valence-electron chi connectivity index (χ4n) is 3.52. The molecule has 2 aromatic heterocycles. The van der Waals surface area contributed by atoms with Gasteiger partial charge in [0.05, 0.1) is 11.4 Å². The molecule has 0 aliphatic heterocycles. The van der Waals surface area contributed by atoms with Gasteiger partial charge in [-0.3, -0.25) is 4.68 Å². The van der Waals surface area contributed by atoms with Crippen LogP contribution in [0.1, 0.15) is 22.4 Å². The summed E-state index contributed by atoms with van der Waals surface area (Å²) in [5.41, 5.74) is 4.68. The van der Waals surface area contributed by atoms with Crippen molar-refractivity contribution in [3.8, 4) is 28.8 Å². The van der Waals surface area contributed by atoms with Crippen LogP contribution in [0, 0.1) is 25.2 Å². The van der Waals surface area contributed by atoms with Crippen LogP contribution in [0.5, 0.6) is 5.75 Å². The number of nitriles is 1. The zero-order valence-electron chi connectivity index (χ0n) is 18.0. The summed E-state index contributed by atoms with van der Waals surface area (Å²) in [5, 5.41) is 21.9. The van der Waals surface area contributed by atoms with Gasteiger partial charge in [0.2, 0.25) is 0 Å². The summed E-state index contributed by atoms with van der Waals surface area (Å²) in [6.07, 6.45) is 0. The highest BCUT2D eigenvalue weighted by atomic mass is 35.5. The molecule has 9 nitrogen and oxygen atoms in total. The van der Waals surface area contributed by atoms with E-state index in [1.165, 1.54) is 11.7 Å². The van der Waals surface area contributed by atoms with E-state index in [0.717, 1.165) is 27.1 Å². The maximum absolute atomic E-state index is 12.3. The van der Waals surface area contributed by atoms with Crippen molar-refractivity contribution in [2.75, 3.05) is 0 Å². The van der Waals surface area contributed by atoms with Gasteiger partial charge in [0.25, 0.3) is 0 Å². The number of benzene rings is 2. The van der Waals surface area contributed by atoms with Crippen LogP contribution in [0.2, 0.25) is 5.02 Å². The molecule has 162 valence electrons. The van der Waals surface area contributed by atoms with Crippen LogP contribution >= 0.6 is 11.6 Å². The topological polar surface area (TPSA) is 104 Å². The molecule has 10 heteroatoms. The van der Waals surface area contributed by atoms with Crippen LogP contribution in [0.4, 0.5) is 0 Å². The Morgan fingerprint density at radius 3 is 2.53 bits per heavy atom. The normalized spacial score (nSPS) is 10.9. The molecule has 0 fully saturated rings. The summed E-state index contributed by atoms with van der Waals surface area (Å²) in [7, 11) is 3.28. The van der Waals surface area contributed by atoms with Crippen LogP contribution in [-0.4, -0.2) is 29.6 Å². The van der Waals surface area contributed by atoms with Crippen LogP contribution in [0.15, 0.2) is 41.2 Å². The molecule has 0 aliphatic rings. The van der Waals surface area contributed by atoms with Crippen molar-refractivity contribution in [2.45, 2.75) is 20.5 Å². The van der Waals surface area contributed by atoms with Gasteiger partial charge in [-0.1, -0.05) is 17.7 Å². The molecular weight excluding hydrogens is 430 g/mol. The molecule has 0 radical (unpaired) electrons. The molecule has 4 rings (SSSR count). The van der Waals surface area contributed by atoms with E-state index in [1.54, 1.807) is 29.9 Å². The third kappa shape index (κ3) is 3.65. The summed E-state index contributed by atoms with van der Waals surface area (Å²) in [5.74, 6) is 0.667. The lowest BCUT2D eigenvalue weighted by molar-refractivity contribution is 0.303. The monoisotopic (exact) mass is 449 g/mol. The molecule has 0 unspecified atom stereocenters. The van der Waals surface area contributed by atoms with Gasteiger partial charge in [-0.05, 0) is 60.2 Å². The quantitative estimate of drug-likeness (QED) is 0.463. The minimum atomic E-state index is -0.378. The number of tetrazole rings is 1. The first kappa shape index (κ1) is 21.3. The first-order chi connectivity index (χ1) is 15.3. The molecule has 2 aromatic carbocycles. The summed E-state index contributed by atoms with van der Waals surface area (Å²) in [6.45, 7) is 3.95. The van der Waals surface area contributed by atoms with Crippen molar-refractivity contribution in [3.05, 3.63) is 74.3 Å². The lowest BCUT2D eigenvalue weighted by Crippen LogP contribution is -2.23.